The van der Waals surface area contributed by atoms with Crippen LogP contribution in [-0.2, 0) is 4.79 Å². The molecule has 0 unspecified atom stereocenters. The monoisotopic (exact) mass is 249 g/mol. The SMILES string of the molecule is COc1ccc(N)cc1NC(=O)CN(C)C1CC1. The number of nitrogens with zero attached hydrogens (tertiary/aromatic N) is 1. The van der Waals surface area contributed by atoms with Gasteiger partial charge in [-0.2, -0.15) is 0 Å². The Balaban J connectivity index is 1.98. The number of anilines is 2. The molecule has 0 spiro atoms. The summed E-state index contributed by atoms with van der Waals surface area (Å²) in [7, 11) is 3.53. The van der Waals surface area contributed by atoms with Crippen LogP contribution in [0.1, 0.15) is 12.8 Å². The van der Waals surface area contributed by atoms with Gasteiger partial charge in [0.2, 0.25) is 5.91 Å². The molecule has 1 aromatic carbocycles. The largest absolute Gasteiger partial charge is 0.495 e. The van der Waals surface area contributed by atoms with E-state index in [1.54, 1.807) is 25.3 Å². The zero-order valence-corrected chi connectivity index (χ0v) is 10.8. The lowest BCUT2D eigenvalue weighted by Crippen LogP contribution is -2.31. The summed E-state index contributed by atoms with van der Waals surface area (Å²) in [6.45, 7) is 0.391. The number of rotatable bonds is 5. The Bertz CT molecular complexity index is 444. The minimum atomic E-state index is -0.0479. The third-order valence-corrected chi connectivity index (χ3v) is 3.06. The molecule has 0 atom stereocenters. The van der Waals surface area contributed by atoms with Crippen LogP contribution < -0.4 is 15.8 Å². The summed E-state index contributed by atoms with van der Waals surface area (Å²) in [5.74, 6) is 0.569. The number of hydrogen-bond acceptors (Lipinski definition) is 4. The summed E-state index contributed by atoms with van der Waals surface area (Å²) < 4.78 is 5.18. The lowest BCUT2D eigenvalue weighted by atomic mass is 10.2. The van der Waals surface area contributed by atoms with Gasteiger partial charge in [-0.05, 0) is 38.1 Å². The van der Waals surface area contributed by atoms with Crippen LogP contribution in [0.2, 0.25) is 0 Å². The maximum absolute atomic E-state index is 11.9. The maximum Gasteiger partial charge on any atom is 0.238 e. The normalized spacial score (nSPS) is 14.6. The van der Waals surface area contributed by atoms with Crippen molar-refractivity contribution in [2.45, 2.75) is 18.9 Å². The number of likely N-dealkylation sites (N-methyl/N-ethyl adjacent to an activating group) is 1. The highest BCUT2D eigenvalue weighted by molar-refractivity contribution is 5.94. The number of nitrogens with one attached hydrogen (secondary N) is 1. The molecule has 18 heavy (non-hydrogen) atoms. The maximum atomic E-state index is 11.9. The average molecular weight is 249 g/mol. The zero-order chi connectivity index (χ0) is 13.1. The topological polar surface area (TPSA) is 67.6 Å². The first-order chi connectivity index (χ1) is 8.60. The van der Waals surface area contributed by atoms with Crippen molar-refractivity contribution in [1.82, 2.24) is 4.90 Å². The van der Waals surface area contributed by atoms with Crippen LogP contribution in [0.15, 0.2) is 18.2 Å². The molecule has 98 valence electrons. The third kappa shape index (κ3) is 3.13. The van der Waals surface area contributed by atoms with Crippen molar-refractivity contribution in [2.24, 2.45) is 0 Å². The highest BCUT2D eigenvalue weighted by Gasteiger charge is 2.27. The number of methoxy groups -OCH3 is 1. The van der Waals surface area contributed by atoms with Crippen molar-refractivity contribution in [1.29, 1.82) is 0 Å². The van der Waals surface area contributed by atoms with E-state index in [0.29, 0.717) is 29.7 Å². The van der Waals surface area contributed by atoms with E-state index in [9.17, 15) is 4.79 Å². The Labute approximate surface area is 107 Å². The number of nitrogen functional groups attached to an aromatic ring is 1. The molecule has 1 aliphatic carbocycles. The number of benzene rings is 1. The summed E-state index contributed by atoms with van der Waals surface area (Å²) in [6.07, 6.45) is 2.37. The molecule has 0 saturated heterocycles. The number of ether oxygens (including phenoxy) is 1. The predicted molar refractivity (Wildman–Crippen MR) is 71.7 cm³/mol. The van der Waals surface area contributed by atoms with Crippen LogP contribution in [0.3, 0.4) is 0 Å². The van der Waals surface area contributed by atoms with Crippen molar-refractivity contribution in [3.63, 3.8) is 0 Å². The summed E-state index contributed by atoms with van der Waals surface area (Å²) in [4.78, 5) is 13.9. The highest BCUT2D eigenvalue weighted by Crippen LogP contribution is 2.27. The van der Waals surface area contributed by atoms with Gasteiger partial charge in [-0.3, -0.25) is 9.69 Å². The smallest absolute Gasteiger partial charge is 0.238 e. The van der Waals surface area contributed by atoms with Crippen LogP contribution in [-0.4, -0.2) is 37.6 Å². The number of amides is 1. The quantitative estimate of drug-likeness (QED) is 0.772. The van der Waals surface area contributed by atoms with Crippen molar-refractivity contribution < 1.29 is 9.53 Å². The van der Waals surface area contributed by atoms with Crippen molar-refractivity contribution in [2.75, 3.05) is 31.8 Å². The van der Waals surface area contributed by atoms with E-state index in [0.717, 1.165) is 0 Å². The second kappa shape index (κ2) is 5.27. The Kier molecular flexibility index (Phi) is 3.72. The third-order valence-electron chi connectivity index (χ3n) is 3.06. The van der Waals surface area contributed by atoms with Gasteiger partial charge in [0.05, 0.1) is 19.3 Å². The van der Waals surface area contributed by atoms with E-state index in [-0.39, 0.29) is 5.91 Å². The highest BCUT2D eigenvalue weighted by atomic mass is 16.5. The van der Waals surface area contributed by atoms with Gasteiger partial charge in [0.15, 0.2) is 0 Å². The number of nitrogens with two attached hydrogens (primary N) is 1. The molecule has 0 aromatic heterocycles. The molecule has 5 heteroatoms. The molecule has 1 aliphatic rings. The molecule has 0 radical (unpaired) electrons. The second-order valence-corrected chi connectivity index (χ2v) is 4.65. The fraction of sp³-hybridized carbons (Fsp3) is 0.462. The van der Waals surface area contributed by atoms with E-state index >= 15 is 0 Å². The fourth-order valence-corrected chi connectivity index (χ4v) is 1.88. The molecular formula is C13H19N3O2. The van der Waals surface area contributed by atoms with Gasteiger partial charge in [0, 0.05) is 11.7 Å². The van der Waals surface area contributed by atoms with Gasteiger partial charge in [0.25, 0.3) is 0 Å². The summed E-state index contributed by atoms with van der Waals surface area (Å²) in [5, 5.41) is 2.83. The fourth-order valence-electron chi connectivity index (χ4n) is 1.88. The number of hydrogen-bond donors (Lipinski definition) is 2. The Morgan fingerprint density at radius 3 is 2.89 bits per heavy atom. The van der Waals surface area contributed by atoms with Gasteiger partial charge < -0.3 is 15.8 Å². The molecule has 1 amide bonds. The number of carbonyl (C=O) groups is 1. The first kappa shape index (κ1) is 12.7. The van der Waals surface area contributed by atoms with Gasteiger partial charge in [-0.15, -0.1) is 0 Å². The lowest BCUT2D eigenvalue weighted by molar-refractivity contribution is -0.117. The van der Waals surface area contributed by atoms with Crippen molar-refractivity contribution in [3.8, 4) is 5.75 Å². The Morgan fingerprint density at radius 2 is 2.28 bits per heavy atom. The van der Waals surface area contributed by atoms with Crippen LogP contribution in [0, 0.1) is 0 Å². The van der Waals surface area contributed by atoms with E-state index in [1.807, 2.05) is 7.05 Å². The molecule has 1 saturated carbocycles. The molecule has 0 bridgehead atoms. The van der Waals surface area contributed by atoms with Crippen molar-refractivity contribution in [3.05, 3.63) is 18.2 Å². The minimum Gasteiger partial charge on any atom is -0.495 e. The van der Waals surface area contributed by atoms with Crippen molar-refractivity contribution >= 4 is 17.3 Å². The molecule has 2 rings (SSSR count). The molecule has 5 nitrogen and oxygen atoms in total. The standard InChI is InChI=1S/C13H19N3O2/c1-16(10-4-5-10)8-13(17)15-11-7-9(14)3-6-12(11)18-2/h3,6-7,10H,4-5,8,14H2,1-2H3,(H,15,17). The molecule has 0 aliphatic heterocycles. The molecule has 0 heterocycles. The van der Waals surface area contributed by atoms with Gasteiger partial charge in [-0.25, -0.2) is 0 Å². The molecule has 1 aromatic rings. The summed E-state index contributed by atoms with van der Waals surface area (Å²) >= 11 is 0. The predicted octanol–water partition coefficient (Wildman–Crippen LogP) is 1.31. The minimum absolute atomic E-state index is 0.0479. The van der Waals surface area contributed by atoms with Gasteiger partial charge >= 0.3 is 0 Å². The Morgan fingerprint density at radius 1 is 1.56 bits per heavy atom. The first-order valence-corrected chi connectivity index (χ1v) is 6.03. The average Bonchev–Trinajstić information content (AvgIpc) is 3.12. The Hall–Kier alpha value is -1.75. The van der Waals surface area contributed by atoms with Crippen LogP contribution in [0.4, 0.5) is 11.4 Å². The molecular weight excluding hydrogens is 230 g/mol. The van der Waals surface area contributed by atoms with Crippen LogP contribution >= 0.6 is 0 Å². The van der Waals surface area contributed by atoms with Gasteiger partial charge in [-0.1, -0.05) is 0 Å². The van der Waals surface area contributed by atoms with E-state index in [4.69, 9.17) is 10.5 Å². The summed E-state index contributed by atoms with van der Waals surface area (Å²) in [6, 6.07) is 5.76. The summed E-state index contributed by atoms with van der Waals surface area (Å²) in [5.41, 5.74) is 6.92. The van der Waals surface area contributed by atoms with E-state index in [1.165, 1.54) is 12.8 Å². The van der Waals surface area contributed by atoms with E-state index < -0.39 is 0 Å². The molecule has 1 fully saturated rings. The molecule has 3 N–H and O–H groups in total. The van der Waals surface area contributed by atoms with Crippen LogP contribution in [0.5, 0.6) is 5.75 Å². The van der Waals surface area contributed by atoms with Gasteiger partial charge in [0.1, 0.15) is 5.75 Å². The van der Waals surface area contributed by atoms with E-state index in [2.05, 4.69) is 10.2 Å². The second-order valence-electron chi connectivity index (χ2n) is 4.65. The lowest BCUT2D eigenvalue weighted by Gasteiger charge is -2.16. The first-order valence-electron chi connectivity index (χ1n) is 6.03. The van der Waals surface area contributed by atoms with Crippen LogP contribution in [0.25, 0.3) is 0 Å². The number of carbonyl (C=O) groups excluding carboxylic acids is 1. The zero-order valence-electron chi connectivity index (χ0n) is 10.8.